The van der Waals surface area contributed by atoms with E-state index in [9.17, 15) is 4.79 Å². The normalized spacial score (nSPS) is 17.3. The molecule has 132 valence electrons. The van der Waals surface area contributed by atoms with Crippen LogP contribution in [0.2, 0.25) is 0 Å². The van der Waals surface area contributed by atoms with Gasteiger partial charge < -0.3 is 10.2 Å². The number of amides is 1. The molecule has 0 radical (unpaired) electrons. The van der Waals surface area contributed by atoms with Crippen LogP contribution in [0.1, 0.15) is 27.7 Å². The molecule has 1 atom stereocenters. The zero-order valence-electron chi connectivity index (χ0n) is 14.6. The lowest BCUT2D eigenvalue weighted by atomic mass is 10.0. The zero-order chi connectivity index (χ0) is 17.9. The summed E-state index contributed by atoms with van der Waals surface area (Å²) in [5.74, 6) is -0.0186. The van der Waals surface area contributed by atoms with E-state index in [4.69, 9.17) is 0 Å². The third-order valence-corrected chi connectivity index (χ3v) is 5.49. The molecule has 1 unspecified atom stereocenters. The molecule has 1 fully saturated rings. The van der Waals surface area contributed by atoms with Crippen LogP contribution in [-0.2, 0) is 0 Å². The average Bonchev–Trinajstić information content (AvgIpc) is 3.19. The number of aromatic nitrogens is 2. The predicted octanol–water partition coefficient (Wildman–Crippen LogP) is 3.30. The summed E-state index contributed by atoms with van der Waals surface area (Å²) < 4.78 is 0. The van der Waals surface area contributed by atoms with Gasteiger partial charge in [-0.1, -0.05) is 35.9 Å². The third-order valence-electron chi connectivity index (χ3n) is 4.60. The van der Waals surface area contributed by atoms with Crippen LogP contribution in [0.15, 0.2) is 54.2 Å². The lowest BCUT2D eigenvalue weighted by molar-refractivity contribution is 0.0629. The van der Waals surface area contributed by atoms with E-state index in [1.807, 2.05) is 40.7 Å². The lowest BCUT2D eigenvalue weighted by Gasteiger charge is -2.36. The SMILES string of the molecule is Cc1ccc(-c2nc(C(=O)N3CCNCC3c3cccnc3)cs2)cc1. The fourth-order valence-electron chi connectivity index (χ4n) is 3.17. The van der Waals surface area contributed by atoms with Crippen LogP contribution in [0.25, 0.3) is 10.6 Å². The number of thiazole rings is 1. The second kappa shape index (κ2) is 7.35. The van der Waals surface area contributed by atoms with Crippen LogP contribution in [0, 0.1) is 6.92 Å². The molecule has 1 aliphatic heterocycles. The molecule has 6 heteroatoms. The maximum atomic E-state index is 13.1. The van der Waals surface area contributed by atoms with E-state index in [1.165, 1.54) is 16.9 Å². The van der Waals surface area contributed by atoms with Gasteiger partial charge in [-0.25, -0.2) is 4.98 Å². The van der Waals surface area contributed by atoms with Gasteiger partial charge in [0.05, 0.1) is 6.04 Å². The second-order valence-electron chi connectivity index (χ2n) is 6.41. The minimum atomic E-state index is -0.0190. The maximum absolute atomic E-state index is 13.1. The van der Waals surface area contributed by atoms with Crippen molar-refractivity contribution in [3.8, 4) is 10.6 Å². The predicted molar refractivity (Wildman–Crippen MR) is 103 cm³/mol. The van der Waals surface area contributed by atoms with Crippen molar-refractivity contribution in [2.45, 2.75) is 13.0 Å². The first-order valence-corrected chi connectivity index (χ1v) is 9.54. The smallest absolute Gasteiger partial charge is 0.273 e. The molecule has 0 spiro atoms. The van der Waals surface area contributed by atoms with Gasteiger partial charge >= 0.3 is 0 Å². The third kappa shape index (κ3) is 3.38. The highest BCUT2D eigenvalue weighted by Gasteiger charge is 2.30. The topological polar surface area (TPSA) is 58.1 Å². The number of nitrogens with zero attached hydrogens (tertiary/aromatic N) is 3. The highest BCUT2D eigenvalue weighted by molar-refractivity contribution is 7.13. The summed E-state index contributed by atoms with van der Waals surface area (Å²) in [5.41, 5.74) is 3.81. The minimum absolute atomic E-state index is 0.0186. The summed E-state index contributed by atoms with van der Waals surface area (Å²) in [5, 5.41) is 6.10. The van der Waals surface area contributed by atoms with E-state index >= 15 is 0 Å². The maximum Gasteiger partial charge on any atom is 0.273 e. The van der Waals surface area contributed by atoms with Crippen LogP contribution >= 0.6 is 11.3 Å². The van der Waals surface area contributed by atoms with Gasteiger partial charge in [0.2, 0.25) is 0 Å². The molecule has 3 aromatic rings. The Hall–Kier alpha value is -2.57. The first-order chi connectivity index (χ1) is 12.7. The van der Waals surface area contributed by atoms with Crippen LogP contribution in [-0.4, -0.2) is 40.4 Å². The molecule has 0 aliphatic carbocycles. The highest BCUT2D eigenvalue weighted by atomic mass is 32.1. The Labute approximate surface area is 156 Å². The van der Waals surface area contributed by atoms with Crippen molar-refractivity contribution in [3.63, 3.8) is 0 Å². The number of hydrogen-bond acceptors (Lipinski definition) is 5. The Kier molecular flexibility index (Phi) is 4.77. The molecule has 5 nitrogen and oxygen atoms in total. The van der Waals surface area contributed by atoms with Crippen molar-refractivity contribution < 1.29 is 4.79 Å². The van der Waals surface area contributed by atoms with E-state index < -0.39 is 0 Å². The molecular formula is C20H20N4OS. The van der Waals surface area contributed by atoms with Crippen molar-refractivity contribution >= 4 is 17.2 Å². The number of benzene rings is 1. The van der Waals surface area contributed by atoms with Gasteiger partial charge in [0, 0.05) is 43.0 Å². The minimum Gasteiger partial charge on any atom is -0.328 e. The van der Waals surface area contributed by atoms with Gasteiger partial charge in [0.1, 0.15) is 10.7 Å². The number of carbonyl (C=O) groups excluding carboxylic acids is 1. The van der Waals surface area contributed by atoms with E-state index in [1.54, 1.807) is 6.20 Å². The first-order valence-electron chi connectivity index (χ1n) is 8.66. The van der Waals surface area contributed by atoms with Crippen LogP contribution in [0.5, 0.6) is 0 Å². The number of nitrogens with one attached hydrogen (secondary N) is 1. The van der Waals surface area contributed by atoms with Gasteiger partial charge in [0.15, 0.2) is 0 Å². The van der Waals surface area contributed by atoms with Crippen LogP contribution in [0.4, 0.5) is 0 Å². The van der Waals surface area contributed by atoms with Crippen molar-refractivity contribution in [1.82, 2.24) is 20.2 Å². The highest BCUT2D eigenvalue weighted by Crippen LogP contribution is 2.27. The molecule has 1 saturated heterocycles. The average molecular weight is 364 g/mol. The number of piperazine rings is 1. The Bertz CT molecular complexity index is 892. The molecular weight excluding hydrogens is 344 g/mol. The number of aryl methyl sites for hydroxylation is 1. The molecule has 0 bridgehead atoms. The van der Waals surface area contributed by atoms with E-state index in [0.29, 0.717) is 12.2 Å². The standard InChI is InChI=1S/C20H20N4OS/c1-14-4-6-15(7-5-14)19-23-17(13-26-19)20(25)24-10-9-22-12-18(24)16-3-2-8-21-11-16/h2-8,11,13,18,22H,9-10,12H2,1H3. The van der Waals surface area contributed by atoms with Gasteiger partial charge in [-0.05, 0) is 18.6 Å². The Morgan fingerprint density at radius 3 is 2.88 bits per heavy atom. The summed E-state index contributed by atoms with van der Waals surface area (Å²) in [6, 6.07) is 12.1. The van der Waals surface area contributed by atoms with Crippen LogP contribution < -0.4 is 5.32 Å². The largest absolute Gasteiger partial charge is 0.328 e. The van der Waals surface area contributed by atoms with Crippen molar-refractivity contribution in [3.05, 3.63) is 71.0 Å². The monoisotopic (exact) mass is 364 g/mol. The van der Waals surface area contributed by atoms with E-state index in [2.05, 4.69) is 34.3 Å². The summed E-state index contributed by atoms with van der Waals surface area (Å²) in [7, 11) is 0. The first kappa shape index (κ1) is 16.9. The van der Waals surface area contributed by atoms with Gasteiger partial charge in [-0.15, -0.1) is 11.3 Å². The molecule has 1 N–H and O–H groups in total. The molecule has 1 aliphatic rings. The van der Waals surface area contributed by atoms with Gasteiger partial charge in [-0.2, -0.15) is 0 Å². The summed E-state index contributed by atoms with van der Waals surface area (Å²) in [6.07, 6.45) is 3.58. The van der Waals surface area contributed by atoms with Gasteiger partial charge in [0.25, 0.3) is 5.91 Å². The zero-order valence-corrected chi connectivity index (χ0v) is 15.4. The quantitative estimate of drug-likeness (QED) is 0.775. The lowest BCUT2D eigenvalue weighted by Crippen LogP contribution is -2.48. The van der Waals surface area contributed by atoms with Gasteiger partial charge in [-0.3, -0.25) is 9.78 Å². The second-order valence-corrected chi connectivity index (χ2v) is 7.27. The number of hydrogen-bond donors (Lipinski definition) is 1. The molecule has 4 rings (SSSR count). The molecule has 26 heavy (non-hydrogen) atoms. The number of pyridine rings is 1. The number of rotatable bonds is 3. The Morgan fingerprint density at radius 2 is 2.12 bits per heavy atom. The molecule has 2 aromatic heterocycles. The molecule has 0 saturated carbocycles. The van der Waals surface area contributed by atoms with E-state index in [0.717, 1.165) is 29.2 Å². The summed E-state index contributed by atoms with van der Waals surface area (Å²) >= 11 is 1.51. The van der Waals surface area contributed by atoms with Crippen LogP contribution in [0.3, 0.4) is 0 Å². The fourth-order valence-corrected chi connectivity index (χ4v) is 3.97. The summed E-state index contributed by atoms with van der Waals surface area (Å²) in [4.78, 5) is 23.8. The molecule has 1 amide bonds. The Morgan fingerprint density at radius 1 is 1.27 bits per heavy atom. The van der Waals surface area contributed by atoms with Crippen molar-refractivity contribution in [2.75, 3.05) is 19.6 Å². The molecule has 1 aromatic carbocycles. The van der Waals surface area contributed by atoms with Crippen molar-refractivity contribution in [2.24, 2.45) is 0 Å². The fraction of sp³-hybridized carbons (Fsp3) is 0.250. The van der Waals surface area contributed by atoms with Crippen molar-refractivity contribution in [1.29, 1.82) is 0 Å². The molecule has 3 heterocycles. The Balaban J connectivity index is 1.59. The summed E-state index contributed by atoms with van der Waals surface area (Å²) in [6.45, 7) is 4.24. The number of carbonyl (C=O) groups is 1. The van der Waals surface area contributed by atoms with E-state index in [-0.39, 0.29) is 11.9 Å².